The number of nitrogens with zero attached hydrogens (tertiary/aromatic N) is 1. The van der Waals surface area contributed by atoms with Gasteiger partial charge in [0, 0.05) is 10.9 Å². The third-order valence-electron chi connectivity index (χ3n) is 3.71. The molecule has 0 saturated carbocycles. The number of hydrogen-bond acceptors (Lipinski definition) is 5. The van der Waals surface area contributed by atoms with Gasteiger partial charge in [0.2, 0.25) is 6.79 Å². The first kappa shape index (κ1) is 14.7. The van der Waals surface area contributed by atoms with Crippen LogP contribution in [0.25, 0.3) is 11.3 Å². The van der Waals surface area contributed by atoms with Crippen molar-refractivity contribution >= 4 is 22.4 Å². The molecule has 0 aliphatic carbocycles. The summed E-state index contributed by atoms with van der Waals surface area (Å²) in [6.07, 6.45) is 0. The number of para-hydroxylation sites is 1. The first-order valence-electron chi connectivity index (χ1n) is 7.43. The number of nitrogens with one attached hydrogen (secondary N) is 1. The summed E-state index contributed by atoms with van der Waals surface area (Å²) in [5, 5.41) is 5.30. The van der Waals surface area contributed by atoms with E-state index in [4.69, 9.17) is 9.47 Å². The van der Waals surface area contributed by atoms with Gasteiger partial charge in [0.25, 0.3) is 5.91 Å². The van der Waals surface area contributed by atoms with Crippen molar-refractivity contribution < 1.29 is 14.3 Å². The fraction of sp³-hybridized carbons (Fsp3) is 0.111. The predicted molar refractivity (Wildman–Crippen MR) is 92.8 cm³/mol. The molecule has 3 aromatic rings. The van der Waals surface area contributed by atoms with Crippen molar-refractivity contribution in [2.75, 3.05) is 12.1 Å². The van der Waals surface area contributed by atoms with E-state index in [9.17, 15) is 4.79 Å². The zero-order valence-electron chi connectivity index (χ0n) is 12.9. The van der Waals surface area contributed by atoms with Gasteiger partial charge in [-0.15, -0.1) is 11.3 Å². The lowest BCUT2D eigenvalue weighted by Crippen LogP contribution is -2.12. The molecule has 1 N–H and O–H groups in total. The second kappa shape index (κ2) is 5.98. The Bertz CT molecular complexity index is 903. The molecular formula is C18H14N2O3S. The van der Waals surface area contributed by atoms with Crippen LogP contribution in [0.2, 0.25) is 0 Å². The number of benzene rings is 2. The molecule has 6 heteroatoms. The van der Waals surface area contributed by atoms with Crippen molar-refractivity contribution in [2.24, 2.45) is 0 Å². The molecule has 0 unspecified atom stereocenters. The van der Waals surface area contributed by atoms with Crippen molar-refractivity contribution in [2.45, 2.75) is 6.92 Å². The number of thiazole rings is 1. The van der Waals surface area contributed by atoms with E-state index in [-0.39, 0.29) is 12.7 Å². The highest BCUT2D eigenvalue weighted by atomic mass is 32.1. The normalized spacial score (nSPS) is 12.2. The number of ether oxygens (including phenoxy) is 2. The minimum Gasteiger partial charge on any atom is -0.454 e. The Kier molecular flexibility index (Phi) is 3.66. The highest BCUT2D eigenvalue weighted by molar-refractivity contribution is 7.14. The molecule has 2 heterocycles. The van der Waals surface area contributed by atoms with Gasteiger partial charge < -0.3 is 9.47 Å². The van der Waals surface area contributed by atoms with Gasteiger partial charge in [-0.2, -0.15) is 0 Å². The molecule has 0 fully saturated rings. The maximum atomic E-state index is 12.5. The Balaban J connectivity index is 1.55. The summed E-state index contributed by atoms with van der Waals surface area (Å²) in [5.74, 6) is 0.801. The first-order valence-corrected chi connectivity index (χ1v) is 8.31. The number of fused-ring (bicyclic) bond motifs is 1. The quantitative estimate of drug-likeness (QED) is 0.781. The molecule has 4 rings (SSSR count). The van der Waals surface area contributed by atoms with Gasteiger partial charge in [-0.25, -0.2) is 4.98 Å². The number of aryl methyl sites for hydroxylation is 1. The number of rotatable bonds is 3. The standard InChI is InChI=1S/C18H14N2O3S/c1-11-5-7-12(8-6-11)14-9-24-18(19-14)20-17(21)13-3-2-4-15-16(13)23-10-22-15/h2-9H,10H2,1H3,(H,19,20,21). The van der Waals surface area contributed by atoms with Crippen molar-refractivity contribution in [1.29, 1.82) is 0 Å². The second-order valence-electron chi connectivity index (χ2n) is 5.40. The van der Waals surface area contributed by atoms with Crippen LogP contribution in [0.15, 0.2) is 47.8 Å². The smallest absolute Gasteiger partial charge is 0.261 e. The molecule has 2 aromatic carbocycles. The molecule has 5 nitrogen and oxygen atoms in total. The van der Waals surface area contributed by atoms with Gasteiger partial charge in [-0.3, -0.25) is 10.1 Å². The van der Waals surface area contributed by atoms with Gasteiger partial charge in [-0.05, 0) is 19.1 Å². The Morgan fingerprint density at radius 2 is 2.00 bits per heavy atom. The highest BCUT2D eigenvalue weighted by Gasteiger charge is 2.22. The number of carbonyl (C=O) groups excluding carboxylic acids is 1. The number of carbonyl (C=O) groups is 1. The van der Waals surface area contributed by atoms with Crippen LogP contribution >= 0.6 is 11.3 Å². The van der Waals surface area contributed by atoms with E-state index >= 15 is 0 Å². The number of amides is 1. The Hall–Kier alpha value is -2.86. The molecule has 24 heavy (non-hydrogen) atoms. The zero-order chi connectivity index (χ0) is 16.5. The summed E-state index contributed by atoms with van der Waals surface area (Å²) in [7, 11) is 0. The molecule has 1 aliphatic heterocycles. The van der Waals surface area contributed by atoms with E-state index in [1.807, 2.05) is 36.6 Å². The summed E-state index contributed by atoms with van der Waals surface area (Å²) in [6.45, 7) is 2.18. The molecule has 1 amide bonds. The molecule has 120 valence electrons. The van der Waals surface area contributed by atoms with Crippen LogP contribution in [0, 0.1) is 6.92 Å². The molecule has 0 bridgehead atoms. The average molecular weight is 338 g/mol. The maximum absolute atomic E-state index is 12.5. The Labute approximate surface area is 142 Å². The van der Waals surface area contributed by atoms with Crippen LogP contribution in [-0.4, -0.2) is 17.7 Å². The van der Waals surface area contributed by atoms with E-state index in [0.717, 1.165) is 11.3 Å². The van der Waals surface area contributed by atoms with E-state index in [0.29, 0.717) is 22.2 Å². The monoisotopic (exact) mass is 338 g/mol. The van der Waals surface area contributed by atoms with Crippen LogP contribution in [0.5, 0.6) is 11.5 Å². The lowest BCUT2D eigenvalue weighted by molar-refractivity contribution is 0.102. The lowest BCUT2D eigenvalue weighted by atomic mass is 10.1. The zero-order valence-corrected chi connectivity index (χ0v) is 13.7. The summed E-state index contributed by atoms with van der Waals surface area (Å²) in [5.41, 5.74) is 3.50. The molecule has 1 aromatic heterocycles. The van der Waals surface area contributed by atoms with E-state index < -0.39 is 0 Å². The van der Waals surface area contributed by atoms with Crippen LogP contribution in [0.3, 0.4) is 0 Å². The molecule has 0 radical (unpaired) electrons. The van der Waals surface area contributed by atoms with E-state index in [1.165, 1.54) is 16.9 Å². The lowest BCUT2D eigenvalue weighted by Gasteiger charge is -2.05. The first-order chi connectivity index (χ1) is 11.7. The van der Waals surface area contributed by atoms with Crippen molar-refractivity contribution in [1.82, 2.24) is 4.98 Å². The molecule has 0 spiro atoms. The fourth-order valence-corrected chi connectivity index (χ4v) is 3.18. The molecular weight excluding hydrogens is 324 g/mol. The average Bonchev–Trinajstić information content (AvgIpc) is 3.24. The topological polar surface area (TPSA) is 60.5 Å². The maximum Gasteiger partial charge on any atom is 0.261 e. The molecule has 0 atom stereocenters. The van der Waals surface area contributed by atoms with Crippen LogP contribution in [0.4, 0.5) is 5.13 Å². The third-order valence-corrected chi connectivity index (χ3v) is 4.47. The van der Waals surface area contributed by atoms with Gasteiger partial charge in [0.05, 0.1) is 11.3 Å². The van der Waals surface area contributed by atoms with Crippen molar-refractivity contribution in [3.05, 3.63) is 59.0 Å². The summed E-state index contributed by atoms with van der Waals surface area (Å²) in [4.78, 5) is 17.0. The van der Waals surface area contributed by atoms with Crippen LogP contribution in [0.1, 0.15) is 15.9 Å². The fourth-order valence-electron chi connectivity index (χ4n) is 2.46. The van der Waals surface area contributed by atoms with Crippen LogP contribution in [-0.2, 0) is 0 Å². The molecule has 0 saturated heterocycles. The highest BCUT2D eigenvalue weighted by Crippen LogP contribution is 2.36. The summed E-state index contributed by atoms with van der Waals surface area (Å²) >= 11 is 1.39. The van der Waals surface area contributed by atoms with Gasteiger partial charge >= 0.3 is 0 Å². The predicted octanol–water partition coefficient (Wildman–Crippen LogP) is 4.10. The largest absolute Gasteiger partial charge is 0.454 e. The summed E-state index contributed by atoms with van der Waals surface area (Å²) in [6, 6.07) is 13.4. The molecule has 1 aliphatic rings. The van der Waals surface area contributed by atoms with Gasteiger partial charge in [0.1, 0.15) is 0 Å². The van der Waals surface area contributed by atoms with Gasteiger partial charge in [0.15, 0.2) is 16.6 Å². The van der Waals surface area contributed by atoms with Crippen LogP contribution < -0.4 is 14.8 Å². The summed E-state index contributed by atoms with van der Waals surface area (Å²) < 4.78 is 10.7. The number of aromatic nitrogens is 1. The SMILES string of the molecule is Cc1ccc(-c2csc(NC(=O)c3cccc4c3OCO4)n2)cc1. The minimum absolute atomic E-state index is 0.133. The Morgan fingerprint density at radius 3 is 2.83 bits per heavy atom. The van der Waals surface area contributed by atoms with Crippen molar-refractivity contribution in [3.63, 3.8) is 0 Å². The third kappa shape index (κ3) is 2.72. The second-order valence-corrected chi connectivity index (χ2v) is 6.26. The van der Waals surface area contributed by atoms with E-state index in [2.05, 4.69) is 10.3 Å². The number of anilines is 1. The number of hydrogen-bond donors (Lipinski definition) is 1. The van der Waals surface area contributed by atoms with E-state index in [1.54, 1.807) is 18.2 Å². The van der Waals surface area contributed by atoms with Gasteiger partial charge in [-0.1, -0.05) is 35.9 Å². The van der Waals surface area contributed by atoms with Crippen molar-refractivity contribution in [3.8, 4) is 22.8 Å². The Morgan fingerprint density at radius 1 is 1.17 bits per heavy atom. The minimum atomic E-state index is -0.262.